The first-order valence-corrected chi connectivity index (χ1v) is 18.0. The van der Waals surface area contributed by atoms with Crippen LogP contribution in [0.15, 0.2) is 85.3 Å². The molecule has 0 spiro atoms. The van der Waals surface area contributed by atoms with Crippen molar-refractivity contribution in [3.8, 4) is 0 Å². The van der Waals surface area contributed by atoms with E-state index in [1.54, 1.807) is 6.20 Å². The number of carbonyl (C=O) groups is 4. The van der Waals surface area contributed by atoms with Crippen LogP contribution in [0.2, 0.25) is 0 Å². The lowest BCUT2D eigenvalue weighted by molar-refractivity contribution is -0.131. The number of aliphatic hydroxyl groups excluding tert-OH is 1. The maximum Gasteiger partial charge on any atom is 0.408 e. The van der Waals surface area contributed by atoms with E-state index in [9.17, 15) is 24.3 Å². The van der Waals surface area contributed by atoms with Crippen molar-refractivity contribution < 1.29 is 29.0 Å². The SMILES string of the molecule is CCC(C)CNC(=O)C[C@H](O)[C@H](CC(C)C)NC(=O)[C@H](Cc1c[nH]cn1)NC(=O)[C@H](Cc1ccc2ccccc2c1)NC(=O)OCc1ccccc1. The van der Waals surface area contributed by atoms with Crippen LogP contribution in [-0.4, -0.2) is 69.7 Å². The molecule has 12 nitrogen and oxygen atoms in total. The summed E-state index contributed by atoms with van der Waals surface area (Å²) >= 11 is 0. The van der Waals surface area contributed by atoms with E-state index in [0.717, 1.165) is 28.3 Å². The van der Waals surface area contributed by atoms with Gasteiger partial charge >= 0.3 is 6.09 Å². The first-order chi connectivity index (χ1) is 25.0. The number of carbonyl (C=O) groups excluding carboxylic acids is 4. The fourth-order valence-electron chi connectivity index (χ4n) is 5.75. The normalized spacial score (nSPS) is 14.1. The molecule has 3 aromatic carbocycles. The number of alkyl carbamates (subject to hydrolysis) is 1. The van der Waals surface area contributed by atoms with Gasteiger partial charge in [0.2, 0.25) is 17.7 Å². The lowest BCUT2D eigenvalue weighted by Crippen LogP contribution is -2.57. The molecule has 278 valence electrons. The average molecular weight is 713 g/mol. The first kappa shape index (κ1) is 39.6. The smallest absolute Gasteiger partial charge is 0.408 e. The summed E-state index contributed by atoms with van der Waals surface area (Å²) in [5, 5.41) is 24.4. The summed E-state index contributed by atoms with van der Waals surface area (Å²) in [5.74, 6) is -1.09. The van der Waals surface area contributed by atoms with E-state index in [-0.39, 0.29) is 37.7 Å². The van der Waals surface area contributed by atoms with Gasteiger partial charge in [-0.15, -0.1) is 0 Å². The highest BCUT2D eigenvalue weighted by molar-refractivity contribution is 5.92. The van der Waals surface area contributed by atoms with Crippen LogP contribution in [0.3, 0.4) is 0 Å². The van der Waals surface area contributed by atoms with Crippen LogP contribution in [0.1, 0.15) is 63.8 Å². The number of aromatic amines is 1. The Labute approximate surface area is 305 Å². The molecule has 52 heavy (non-hydrogen) atoms. The van der Waals surface area contributed by atoms with Crippen molar-refractivity contribution >= 4 is 34.6 Å². The minimum atomic E-state index is -1.16. The second kappa shape index (κ2) is 20.0. The number of benzene rings is 3. The number of rotatable bonds is 19. The molecule has 1 unspecified atom stereocenters. The zero-order valence-electron chi connectivity index (χ0n) is 30.4. The minimum Gasteiger partial charge on any atom is -0.445 e. The van der Waals surface area contributed by atoms with Gasteiger partial charge in [0.15, 0.2) is 0 Å². The van der Waals surface area contributed by atoms with Crippen LogP contribution in [0.4, 0.5) is 4.79 Å². The van der Waals surface area contributed by atoms with Gasteiger partial charge in [-0.25, -0.2) is 9.78 Å². The summed E-state index contributed by atoms with van der Waals surface area (Å²) in [6.45, 7) is 8.49. The number of aromatic nitrogens is 2. The molecule has 4 amide bonds. The maximum absolute atomic E-state index is 14.1. The number of ether oxygens (including phenoxy) is 1. The molecule has 0 fully saturated rings. The zero-order valence-corrected chi connectivity index (χ0v) is 30.4. The Kier molecular flexibility index (Phi) is 15.2. The van der Waals surface area contributed by atoms with E-state index in [2.05, 4.69) is 31.2 Å². The third-order valence-electron chi connectivity index (χ3n) is 8.93. The monoisotopic (exact) mass is 712 g/mol. The molecule has 12 heteroatoms. The van der Waals surface area contributed by atoms with E-state index >= 15 is 0 Å². The summed E-state index contributed by atoms with van der Waals surface area (Å²) in [6, 6.07) is 19.8. The summed E-state index contributed by atoms with van der Waals surface area (Å²) in [4.78, 5) is 60.9. The minimum absolute atomic E-state index is 0.0103. The molecular formula is C40H52N6O6. The summed E-state index contributed by atoms with van der Waals surface area (Å²) in [5.41, 5.74) is 2.10. The molecule has 0 radical (unpaired) electrons. The Bertz CT molecular complexity index is 1730. The van der Waals surface area contributed by atoms with Crippen molar-refractivity contribution in [2.45, 2.75) is 90.6 Å². The van der Waals surface area contributed by atoms with Crippen LogP contribution < -0.4 is 21.3 Å². The molecule has 4 aromatic rings. The van der Waals surface area contributed by atoms with Gasteiger partial charge in [-0.3, -0.25) is 14.4 Å². The molecule has 0 saturated carbocycles. The number of H-pyrrole nitrogens is 1. The van der Waals surface area contributed by atoms with E-state index in [4.69, 9.17) is 4.74 Å². The van der Waals surface area contributed by atoms with E-state index < -0.39 is 42.1 Å². The van der Waals surface area contributed by atoms with Crippen LogP contribution in [0, 0.1) is 11.8 Å². The fraction of sp³-hybridized carbons (Fsp3) is 0.425. The van der Waals surface area contributed by atoms with Gasteiger partial charge in [0.05, 0.1) is 30.6 Å². The molecule has 0 aliphatic heterocycles. The number of fused-ring (bicyclic) bond motifs is 1. The number of hydrogen-bond donors (Lipinski definition) is 6. The van der Waals surface area contributed by atoms with E-state index in [1.807, 2.05) is 100 Å². The second-order valence-corrected chi connectivity index (χ2v) is 13.8. The third-order valence-corrected chi connectivity index (χ3v) is 8.93. The van der Waals surface area contributed by atoms with Gasteiger partial charge in [-0.2, -0.15) is 0 Å². The lowest BCUT2D eigenvalue weighted by atomic mass is 9.96. The Morgan fingerprint density at radius 2 is 1.52 bits per heavy atom. The second-order valence-electron chi connectivity index (χ2n) is 13.8. The number of hydrogen-bond acceptors (Lipinski definition) is 7. The fourth-order valence-corrected chi connectivity index (χ4v) is 5.75. The van der Waals surface area contributed by atoms with Gasteiger partial charge in [-0.05, 0) is 40.2 Å². The van der Waals surface area contributed by atoms with Crippen molar-refractivity contribution in [3.05, 3.63) is 102 Å². The van der Waals surface area contributed by atoms with Gasteiger partial charge < -0.3 is 36.1 Å². The maximum atomic E-state index is 14.1. The van der Waals surface area contributed by atoms with Crippen LogP contribution in [0.5, 0.6) is 0 Å². The number of imidazole rings is 1. The summed E-state index contributed by atoms with van der Waals surface area (Å²) in [7, 11) is 0. The lowest BCUT2D eigenvalue weighted by Gasteiger charge is -2.29. The molecule has 0 bridgehead atoms. The third kappa shape index (κ3) is 12.8. The van der Waals surface area contributed by atoms with Gasteiger partial charge in [0, 0.05) is 25.6 Å². The van der Waals surface area contributed by atoms with Crippen LogP contribution >= 0.6 is 0 Å². The van der Waals surface area contributed by atoms with Gasteiger partial charge in [-0.1, -0.05) is 107 Å². The molecule has 0 aliphatic carbocycles. The van der Waals surface area contributed by atoms with Crippen molar-refractivity contribution in [1.82, 2.24) is 31.2 Å². The Hall–Kier alpha value is -5.23. The number of amides is 4. The van der Waals surface area contributed by atoms with Crippen LogP contribution in [0.25, 0.3) is 10.8 Å². The molecule has 6 N–H and O–H groups in total. The Morgan fingerprint density at radius 1 is 0.827 bits per heavy atom. The highest BCUT2D eigenvalue weighted by Crippen LogP contribution is 2.18. The molecule has 1 heterocycles. The van der Waals surface area contributed by atoms with Crippen molar-refractivity contribution in [2.24, 2.45) is 11.8 Å². The van der Waals surface area contributed by atoms with E-state index in [0.29, 0.717) is 24.6 Å². The van der Waals surface area contributed by atoms with Crippen molar-refractivity contribution in [2.75, 3.05) is 6.54 Å². The quantitative estimate of drug-likeness (QED) is 0.0826. The van der Waals surface area contributed by atoms with Crippen molar-refractivity contribution in [3.63, 3.8) is 0 Å². The predicted molar refractivity (Wildman–Crippen MR) is 200 cm³/mol. The zero-order chi connectivity index (χ0) is 37.5. The summed E-state index contributed by atoms with van der Waals surface area (Å²) in [6.07, 6.45) is 2.42. The summed E-state index contributed by atoms with van der Waals surface area (Å²) < 4.78 is 5.45. The number of nitrogens with one attached hydrogen (secondary N) is 5. The van der Waals surface area contributed by atoms with Crippen molar-refractivity contribution in [1.29, 1.82) is 0 Å². The largest absolute Gasteiger partial charge is 0.445 e. The molecular weight excluding hydrogens is 660 g/mol. The van der Waals surface area contributed by atoms with Gasteiger partial charge in [0.1, 0.15) is 18.7 Å². The molecule has 1 aromatic heterocycles. The highest BCUT2D eigenvalue weighted by Gasteiger charge is 2.32. The topological polar surface area (TPSA) is 175 Å². The molecule has 4 rings (SSSR count). The van der Waals surface area contributed by atoms with Crippen LogP contribution in [-0.2, 0) is 38.6 Å². The number of nitrogens with zero attached hydrogens (tertiary/aromatic N) is 1. The molecule has 5 atom stereocenters. The average Bonchev–Trinajstić information content (AvgIpc) is 3.65. The molecule has 0 saturated heterocycles. The van der Waals surface area contributed by atoms with Gasteiger partial charge in [0.25, 0.3) is 0 Å². The first-order valence-electron chi connectivity index (χ1n) is 18.0. The standard InChI is InChI=1S/C40H52N6O6/c1-5-27(4)22-42-37(48)21-36(47)33(17-26(2)3)44-39(50)35(20-32-23-41-25-43-32)45-38(49)34(46-40(51)52-24-28-11-7-6-8-12-28)19-29-15-16-30-13-9-10-14-31(30)18-29/h6-16,18,23,25-27,33-36,47H,5,17,19-22,24H2,1-4H3,(H,41,43)(H,42,48)(H,44,50)(H,45,49)(H,46,51)/t27?,33-,34-,35-,36-/m0/s1. The number of aliphatic hydroxyl groups is 1. The molecule has 0 aliphatic rings. The Balaban J connectivity index is 1.53. The Morgan fingerprint density at radius 3 is 2.21 bits per heavy atom. The van der Waals surface area contributed by atoms with E-state index in [1.165, 1.54) is 6.33 Å². The highest BCUT2D eigenvalue weighted by atomic mass is 16.5. The predicted octanol–water partition coefficient (Wildman–Crippen LogP) is 4.57.